The van der Waals surface area contributed by atoms with Gasteiger partial charge < -0.3 is 4.90 Å². The largest absolute Gasteiger partial charge is 0.366 e. The first-order chi connectivity index (χ1) is 15.6. The molecule has 1 N–H and O–H groups in total. The summed E-state index contributed by atoms with van der Waals surface area (Å²) in [5.74, 6) is -0.978. The molecule has 0 aromatic heterocycles. The first kappa shape index (κ1) is 23.2. The molecule has 2 aliphatic heterocycles. The summed E-state index contributed by atoms with van der Waals surface area (Å²) in [7, 11) is 0. The highest BCUT2D eigenvalue weighted by Gasteiger charge is 2.38. The number of carbonyl (C=O) groups excluding carboxylic acids is 3. The van der Waals surface area contributed by atoms with Crippen LogP contribution in [0.3, 0.4) is 0 Å². The van der Waals surface area contributed by atoms with Crippen molar-refractivity contribution in [3.05, 3.63) is 63.6 Å². The standard InChI is InChI=1S/C26H28BrN3O3/c1-5-11-29-22-10-9-17(12-20(22)16(2)15-26(29,3)4)13-21-23(31)28-25(33)30(24(21)32)19-8-6-7-18(27)14-19/h6-10,12-14,16H,5,11,15H2,1-4H3,(H,28,31,33)/b21-13-. The summed E-state index contributed by atoms with van der Waals surface area (Å²) in [6, 6.07) is 12.2. The minimum absolute atomic E-state index is 0.0620. The van der Waals surface area contributed by atoms with Crippen LogP contribution in [0.5, 0.6) is 0 Å². The number of carbonyl (C=O) groups is 3. The van der Waals surface area contributed by atoms with E-state index in [9.17, 15) is 14.4 Å². The van der Waals surface area contributed by atoms with Gasteiger partial charge in [0.05, 0.1) is 5.69 Å². The predicted molar refractivity (Wildman–Crippen MR) is 134 cm³/mol. The molecule has 0 bridgehead atoms. The Bertz CT molecular complexity index is 1170. The van der Waals surface area contributed by atoms with Crippen LogP contribution in [0.15, 0.2) is 52.5 Å². The van der Waals surface area contributed by atoms with E-state index >= 15 is 0 Å². The predicted octanol–water partition coefficient (Wildman–Crippen LogP) is 5.62. The summed E-state index contributed by atoms with van der Waals surface area (Å²) in [6.07, 6.45) is 3.65. The normalized spacial score (nSPS) is 21.3. The highest BCUT2D eigenvalue weighted by atomic mass is 79.9. The highest BCUT2D eigenvalue weighted by Crippen LogP contribution is 2.43. The van der Waals surface area contributed by atoms with Crippen molar-refractivity contribution in [2.24, 2.45) is 0 Å². The van der Waals surface area contributed by atoms with Crippen LogP contribution in [0.25, 0.3) is 6.08 Å². The molecule has 0 spiro atoms. The number of anilines is 2. The zero-order chi connectivity index (χ0) is 23.9. The second kappa shape index (κ2) is 8.78. The molecule has 33 heavy (non-hydrogen) atoms. The van der Waals surface area contributed by atoms with Crippen molar-refractivity contribution in [1.29, 1.82) is 0 Å². The molecular weight excluding hydrogens is 482 g/mol. The molecule has 2 aliphatic rings. The number of benzene rings is 2. The Balaban J connectivity index is 1.72. The van der Waals surface area contributed by atoms with Gasteiger partial charge in [-0.2, -0.15) is 0 Å². The van der Waals surface area contributed by atoms with Crippen LogP contribution in [0.2, 0.25) is 0 Å². The van der Waals surface area contributed by atoms with E-state index in [1.54, 1.807) is 30.3 Å². The van der Waals surface area contributed by atoms with Crippen LogP contribution in [-0.4, -0.2) is 29.9 Å². The third-order valence-corrected chi connectivity index (χ3v) is 6.83. The summed E-state index contributed by atoms with van der Waals surface area (Å²) in [4.78, 5) is 41.6. The number of urea groups is 1. The van der Waals surface area contributed by atoms with E-state index in [0.29, 0.717) is 11.6 Å². The van der Waals surface area contributed by atoms with Gasteiger partial charge in [0.15, 0.2) is 0 Å². The Labute approximate surface area is 202 Å². The Morgan fingerprint density at radius 1 is 1.15 bits per heavy atom. The van der Waals surface area contributed by atoms with Crippen molar-refractivity contribution >= 4 is 51.2 Å². The van der Waals surface area contributed by atoms with Crippen LogP contribution >= 0.6 is 15.9 Å². The van der Waals surface area contributed by atoms with Crippen molar-refractivity contribution in [3.63, 3.8) is 0 Å². The maximum Gasteiger partial charge on any atom is 0.335 e. The molecule has 2 heterocycles. The third kappa shape index (κ3) is 4.34. The molecule has 1 atom stereocenters. The Kier molecular flexibility index (Phi) is 6.18. The first-order valence-electron chi connectivity index (χ1n) is 11.2. The quantitative estimate of drug-likeness (QED) is 0.429. The number of rotatable bonds is 4. The molecule has 4 amide bonds. The zero-order valence-corrected chi connectivity index (χ0v) is 20.9. The lowest BCUT2D eigenvalue weighted by Gasteiger charge is -2.47. The summed E-state index contributed by atoms with van der Waals surface area (Å²) in [5.41, 5.74) is 3.56. The summed E-state index contributed by atoms with van der Waals surface area (Å²) in [6.45, 7) is 9.91. The minimum Gasteiger partial charge on any atom is -0.366 e. The second-order valence-electron chi connectivity index (χ2n) is 9.33. The summed E-state index contributed by atoms with van der Waals surface area (Å²) >= 11 is 3.36. The van der Waals surface area contributed by atoms with Crippen molar-refractivity contribution in [2.75, 3.05) is 16.3 Å². The lowest BCUT2D eigenvalue weighted by Crippen LogP contribution is -2.54. The number of nitrogens with one attached hydrogen (secondary N) is 1. The Morgan fingerprint density at radius 3 is 2.61 bits per heavy atom. The fourth-order valence-electron chi connectivity index (χ4n) is 4.92. The monoisotopic (exact) mass is 509 g/mol. The van der Waals surface area contributed by atoms with Gasteiger partial charge in [-0.3, -0.25) is 14.9 Å². The van der Waals surface area contributed by atoms with Gasteiger partial charge in [-0.15, -0.1) is 0 Å². The van der Waals surface area contributed by atoms with E-state index in [1.807, 2.05) is 6.07 Å². The summed E-state index contributed by atoms with van der Waals surface area (Å²) < 4.78 is 0.728. The fraction of sp³-hybridized carbons (Fsp3) is 0.346. The highest BCUT2D eigenvalue weighted by molar-refractivity contribution is 9.10. The van der Waals surface area contributed by atoms with Crippen LogP contribution < -0.4 is 15.1 Å². The van der Waals surface area contributed by atoms with Crippen molar-refractivity contribution in [3.8, 4) is 0 Å². The SMILES string of the molecule is CCCN1c2ccc(/C=C3/C(=O)NC(=O)N(c4cccc(Br)c4)C3=O)cc2C(C)CC1(C)C. The maximum atomic E-state index is 13.2. The third-order valence-electron chi connectivity index (χ3n) is 6.34. The zero-order valence-electron chi connectivity index (χ0n) is 19.3. The topological polar surface area (TPSA) is 69.7 Å². The number of amides is 4. The van der Waals surface area contributed by atoms with Gasteiger partial charge in [0.1, 0.15) is 5.57 Å². The number of hydrogen-bond acceptors (Lipinski definition) is 4. The summed E-state index contributed by atoms with van der Waals surface area (Å²) in [5, 5.41) is 2.29. The van der Waals surface area contributed by atoms with Crippen molar-refractivity contribution in [2.45, 2.75) is 52.0 Å². The number of halogens is 1. The van der Waals surface area contributed by atoms with Gasteiger partial charge >= 0.3 is 6.03 Å². The fourth-order valence-corrected chi connectivity index (χ4v) is 5.31. The van der Waals surface area contributed by atoms with Crippen LogP contribution in [0.4, 0.5) is 16.2 Å². The number of fused-ring (bicyclic) bond motifs is 1. The molecule has 7 heteroatoms. The molecule has 172 valence electrons. The average Bonchev–Trinajstić information content (AvgIpc) is 2.74. The van der Waals surface area contributed by atoms with Crippen LogP contribution in [0.1, 0.15) is 57.6 Å². The second-order valence-corrected chi connectivity index (χ2v) is 10.2. The van der Waals surface area contributed by atoms with Gasteiger partial charge in [0.25, 0.3) is 11.8 Å². The van der Waals surface area contributed by atoms with Gasteiger partial charge in [-0.05, 0) is 80.1 Å². The van der Waals surface area contributed by atoms with Gasteiger partial charge in [0, 0.05) is 22.2 Å². The number of nitrogens with zero attached hydrogens (tertiary/aromatic N) is 2. The lowest BCUT2D eigenvalue weighted by atomic mass is 9.79. The molecule has 0 aliphatic carbocycles. The molecule has 6 nitrogen and oxygen atoms in total. The number of imide groups is 2. The molecule has 2 aromatic carbocycles. The molecule has 0 saturated carbocycles. The molecule has 1 fully saturated rings. The molecular formula is C26H28BrN3O3. The van der Waals surface area contributed by atoms with E-state index in [-0.39, 0.29) is 11.1 Å². The van der Waals surface area contributed by atoms with Crippen LogP contribution in [0, 0.1) is 0 Å². The number of barbiturate groups is 1. The molecule has 2 aromatic rings. The molecule has 1 unspecified atom stereocenters. The van der Waals surface area contributed by atoms with E-state index < -0.39 is 17.8 Å². The van der Waals surface area contributed by atoms with Gasteiger partial charge in [-0.1, -0.05) is 41.9 Å². The Hall–Kier alpha value is -2.93. The van der Waals surface area contributed by atoms with E-state index in [0.717, 1.165) is 34.3 Å². The van der Waals surface area contributed by atoms with Gasteiger partial charge in [-0.25, -0.2) is 9.69 Å². The molecule has 4 rings (SSSR count). The van der Waals surface area contributed by atoms with Crippen molar-refractivity contribution < 1.29 is 14.4 Å². The Morgan fingerprint density at radius 2 is 1.91 bits per heavy atom. The van der Waals surface area contributed by atoms with Gasteiger partial charge in [0.2, 0.25) is 0 Å². The van der Waals surface area contributed by atoms with Crippen LogP contribution in [-0.2, 0) is 9.59 Å². The average molecular weight is 510 g/mol. The maximum absolute atomic E-state index is 13.2. The lowest BCUT2D eigenvalue weighted by molar-refractivity contribution is -0.122. The minimum atomic E-state index is -0.753. The number of hydrogen-bond donors (Lipinski definition) is 1. The molecule has 1 saturated heterocycles. The van der Waals surface area contributed by atoms with E-state index in [4.69, 9.17) is 0 Å². The molecule has 0 radical (unpaired) electrons. The van der Waals surface area contributed by atoms with Crippen molar-refractivity contribution in [1.82, 2.24) is 5.32 Å². The smallest absolute Gasteiger partial charge is 0.335 e. The van der Waals surface area contributed by atoms with E-state index in [2.05, 4.69) is 66.0 Å². The first-order valence-corrected chi connectivity index (χ1v) is 12.0. The van der Waals surface area contributed by atoms with E-state index in [1.165, 1.54) is 11.3 Å².